The van der Waals surface area contributed by atoms with E-state index in [1.54, 1.807) is 13.0 Å². The summed E-state index contributed by atoms with van der Waals surface area (Å²) in [7, 11) is 0. The first-order chi connectivity index (χ1) is 6.56. The fourth-order valence-corrected chi connectivity index (χ4v) is 1.75. The molecule has 0 aromatic heterocycles. The molecule has 1 aromatic rings. The van der Waals surface area contributed by atoms with Gasteiger partial charge in [-0.3, -0.25) is 9.59 Å². The lowest BCUT2D eigenvalue weighted by molar-refractivity contribution is -0.130. The van der Waals surface area contributed by atoms with Gasteiger partial charge in [0.25, 0.3) is 0 Å². The molecule has 1 aromatic carbocycles. The summed E-state index contributed by atoms with van der Waals surface area (Å²) < 4.78 is 0. The van der Waals surface area contributed by atoms with Gasteiger partial charge in [0, 0.05) is 5.69 Å². The summed E-state index contributed by atoms with van der Waals surface area (Å²) in [6.45, 7) is 3.11. The molecule has 0 bridgehead atoms. The van der Waals surface area contributed by atoms with Gasteiger partial charge in [0.05, 0.1) is 0 Å². The molecule has 1 aliphatic heterocycles. The first-order valence-corrected chi connectivity index (χ1v) is 4.49. The van der Waals surface area contributed by atoms with Gasteiger partial charge >= 0.3 is 0 Å². The number of rotatable bonds is 1. The third-order valence-electron chi connectivity index (χ3n) is 2.87. The first-order valence-electron chi connectivity index (χ1n) is 4.49. The predicted molar refractivity (Wildman–Crippen MR) is 53.1 cm³/mol. The summed E-state index contributed by atoms with van der Waals surface area (Å²) in [4.78, 5) is 23.1. The number of amides is 1. The number of benzene rings is 1. The quantitative estimate of drug-likeness (QED) is 0.680. The van der Waals surface area contributed by atoms with Gasteiger partial charge in [-0.1, -0.05) is 18.2 Å². The molecule has 14 heavy (non-hydrogen) atoms. The topological polar surface area (TPSA) is 46.2 Å². The van der Waals surface area contributed by atoms with Crippen LogP contribution in [-0.2, 0) is 15.0 Å². The Morgan fingerprint density at radius 1 is 1.36 bits per heavy atom. The van der Waals surface area contributed by atoms with E-state index in [9.17, 15) is 9.59 Å². The SMILES string of the molecule is CC(=O)[C@]1(C)C(=O)Nc2ccccc21. The minimum atomic E-state index is -1.00. The Kier molecular flexibility index (Phi) is 1.71. The highest BCUT2D eigenvalue weighted by Crippen LogP contribution is 2.37. The van der Waals surface area contributed by atoms with Crippen molar-refractivity contribution in [3.8, 4) is 0 Å². The Morgan fingerprint density at radius 3 is 2.64 bits per heavy atom. The number of nitrogens with one attached hydrogen (secondary N) is 1. The molecule has 72 valence electrons. The van der Waals surface area contributed by atoms with E-state index in [1.807, 2.05) is 18.2 Å². The largest absolute Gasteiger partial charge is 0.325 e. The monoisotopic (exact) mass is 189 g/mol. The van der Waals surface area contributed by atoms with Crippen LogP contribution in [0, 0.1) is 0 Å². The van der Waals surface area contributed by atoms with Crippen LogP contribution in [0.15, 0.2) is 24.3 Å². The van der Waals surface area contributed by atoms with Gasteiger partial charge in [-0.2, -0.15) is 0 Å². The zero-order chi connectivity index (χ0) is 10.3. The highest BCUT2D eigenvalue weighted by molar-refractivity contribution is 6.20. The molecule has 0 fully saturated rings. The fourth-order valence-electron chi connectivity index (χ4n) is 1.75. The average molecular weight is 189 g/mol. The zero-order valence-electron chi connectivity index (χ0n) is 8.13. The molecule has 3 heteroatoms. The molecule has 0 radical (unpaired) electrons. The Bertz CT molecular complexity index is 425. The maximum absolute atomic E-state index is 11.7. The molecule has 0 spiro atoms. The number of carbonyl (C=O) groups excluding carboxylic acids is 2. The third-order valence-corrected chi connectivity index (χ3v) is 2.87. The second kappa shape index (κ2) is 2.67. The molecular weight excluding hydrogens is 178 g/mol. The van der Waals surface area contributed by atoms with Gasteiger partial charge in [0.2, 0.25) is 5.91 Å². The van der Waals surface area contributed by atoms with Crippen molar-refractivity contribution < 1.29 is 9.59 Å². The molecule has 1 atom stereocenters. The molecule has 3 nitrogen and oxygen atoms in total. The number of hydrogen-bond acceptors (Lipinski definition) is 2. The maximum atomic E-state index is 11.7. The van der Waals surface area contributed by atoms with Crippen molar-refractivity contribution in [2.75, 3.05) is 5.32 Å². The number of carbonyl (C=O) groups is 2. The van der Waals surface area contributed by atoms with E-state index in [1.165, 1.54) is 6.92 Å². The van der Waals surface area contributed by atoms with Crippen LogP contribution in [0.3, 0.4) is 0 Å². The number of anilines is 1. The second-order valence-corrected chi connectivity index (χ2v) is 3.68. The van der Waals surface area contributed by atoms with Gasteiger partial charge in [-0.25, -0.2) is 0 Å². The van der Waals surface area contributed by atoms with E-state index in [0.29, 0.717) is 0 Å². The van der Waals surface area contributed by atoms with Gasteiger partial charge in [-0.15, -0.1) is 0 Å². The van der Waals surface area contributed by atoms with E-state index in [-0.39, 0.29) is 11.7 Å². The summed E-state index contributed by atoms with van der Waals surface area (Å²) in [5, 5.41) is 2.71. The molecule has 1 aliphatic rings. The molecule has 1 heterocycles. The van der Waals surface area contributed by atoms with E-state index in [4.69, 9.17) is 0 Å². The van der Waals surface area contributed by atoms with Gasteiger partial charge < -0.3 is 5.32 Å². The van der Waals surface area contributed by atoms with Crippen molar-refractivity contribution in [3.63, 3.8) is 0 Å². The third kappa shape index (κ3) is 0.923. The minimum Gasteiger partial charge on any atom is -0.325 e. The molecule has 2 rings (SSSR count). The van der Waals surface area contributed by atoms with Crippen molar-refractivity contribution in [2.24, 2.45) is 0 Å². The number of fused-ring (bicyclic) bond motifs is 1. The van der Waals surface area contributed by atoms with E-state index in [2.05, 4.69) is 5.32 Å². The summed E-state index contributed by atoms with van der Waals surface area (Å²) >= 11 is 0. The Labute approximate surface area is 82.1 Å². The van der Waals surface area contributed by atoms with E-state index < -0.39 is 5.41 Å². The van der Waals surface area contributed by atoms with Crippen molar-refractivity contribution in [2.45, 2.75) is 19.3 Å². The standard InChI is InChI=1S/C11H11NO2/c1-7(13)11(2)8-5-3-4-6-9(8)12-10(11)14/h3-6H,1-2H3,(H,12,14)/t11-/m0/s1. The molecule has 0 aliphatic carbocycles. The zero-order valence-corrected chi connectivity index (χ0v) is 8.13. The lowest BCUT2D eigenvalue weighted by Gasteiger charge is -2.17. The van der Waals surface area contributed by atoms with Crippen LogP contribution in [0.4, 0.5) is 5.69 Å². The van der Waals surface area contributed by atoms with Crippen molar-refractivity contribution in [1.29, 1.82) is 0 Å². The van der Waals surface area contributed by atoms with E-state index >= 15 is 0 Å². The first kappa shape index (κ1) is 8.94. The number of para-hydroxylation sites is 1. The molecule has 0 unspecified atom stereocenters. The summed E-state index contributed by atoms with van der Waals surface area (Å²) in [6.07, 6.45) is 0. The molecule has 1 amide bonds. The number of Topliss-reactive ketones (excluding diaryl/α,β-unsaturated/α-hetero) is 1. The normalized spacial score (nSPS) is 24.3. The highest BCUT2D eigenvalue weighted by Gasteiger charge is 2.46. The number of ketones is 1. The van der Waals surface area contributed by atoms with Crippen LogP contribution in [0.5, 0.6) is 0 Å². The smallest absolute Gasteiger partial charge is 0.242 e. The fraction of sp³-hybridized carbons (Fsp3) is 0.273. The summed E-state index contributed by atoms with van der Waals surface area (Å²) in [5.74, 6) is -0.355. The van der Waals surface area contributed by atoms with Gasteiger partial charge in [0.15, 0.2) is 0 Å². The molecule has 0 saturated heterocycles. The van der Waals surface area contributed by atoms with Crippen LogP contribution in [0.2, 0.25) is 0 Å². The van der Waals surface area contributed by atoms with Crippen molar-refractivity contribution >= 4 is 17.4 Å². The average Bonchev–Trinajstić information content (AvgIpc) is 2.41. The Hall–Kier alpha value is -1.64. The summed E-state index contributed by atoms with van der Waals surface area (Å²) in [6, 6.07) is 7.29. The van der Waals surface area contributed by atoms with Crippen molar-refractivity contribution in [1.82, 2.24) is 0 Å². The van der Waals surface area contributed by atoms with Crippen LogP contribution in [-0.4, -0.2) is 11.7 Å². The van der Waals surface area contributed by atoms with Crippen LogP contribution >= 0.6 is 0 Å². The maximum Gasteiger partial charge on any atom is 0.242 e. The molecule has 0 saturated carbocycles. The predicted octanol–water partition coefficient (Wildman–Crippen LogP) is 1.49. The van der Waals surface area contributed by atoms with Crippen LogP contribution in [0.25, 0.3) is 0 Å². The molecular formula is C11H11NO2. The Balaban J connectivity index is 2.66. The van der Waals surface area contributed by atoms with Crippen LogP contribution in [0.1, 0.15) is 19.4 Å². The van der Waals surface area contributed by atoms with Crippen molar-refractivity contribution in [3.05, 3.63) is 29.8 Å². The van der Waals surface area contributed by atoms with Gasteiger partial charge in [0.1, 0.15) is 11.2 Å². The lowest BCUT2D eigenvalue weighted by Crippen LogP contribution is -2.37. The second-order valence-electron chi connectivity index (χ2n) is 3.68. The summed E-state index contributed by atoms with van der Waals surface area (Å²) in [5.41, 5.74) is 0.518. The van der Waals surface area contributed by atoms with Crippen LogP contribution < -0.4 is 5.32 Å². The molecule has 1 N–H and O–H groups in total. The van der Waals surface area contributed by atoms with E-state index in [0.717, 1.165) is 11.3 Å². The Morgan fingerprint density at radius 2 is 2.00 bits per heavy atom. The minimum absolute atomic E-state index is 0.125. The number of hydrogen-bond donors (Lipinski definition) is 1. The highest BCUT2D eigenvalue weighted by atomic mass is 16.2. The van der Waals surface area contributed by atoms with Gasteiger partial charge in [-0.05, 0) is 25.5 Å². The lowest BCUT2D eigenvalue weighted by atomic mass is 9.80.